The van der Waals surface area contributed by atoms with Gasteiger partial charge in [0.25, 0.3) is 0 Å². The number of hydrogen-bond donors (Lipinski definition) is 2. The van der Waals surface area contributed by atoms with Crippen LogP contribution in [0.4, 0.5) is 11.4 Å². The van der Waals surface area contributed by atoms with E-state index in [1.807, 2.05) is 12.1 Å². The third-order valence-corrected chi connectivity index (χ3v) is 8.45. The van der Waals surface area contributed by atoms with Gasteiger partial charge in [-0.1, -0.05) is 42.5 Å². The Hall–Kier alpha value is -4.07. The third kappa shape index (κ3) is 5.73. The standard InChI is InChI=1S/C34H36N4O3/c39-33-22-29(38-15-17-40-18-16-38)21-31(36-33)30-8-4-7-25-19-26-20-27(9-10-32(26)41-34(25)30)35-28-12-14-37(23-28)13-11-24-5-2-1-3-6-24/h1-10,20-22,28,35H,11-19,23H2,(H,36,39). The molecule has 2 saturated heterocycles. The average Bonchev–Trinajstić information content (AvgIpc) is 3.46. The average molecular weight is 549 g/mol. The first-order valence-corrected chi connectivity index (χ1v) is 14.7. The number of rotatable bonds is 7. The van der Waals surface area contributed by atoms with Gasteiger partial charge in [0.1, 0.15) is 11.5 Å². The van der Waals surface area contributed by atoms with Crippen molar-refractivity contribution >= 4 is 11.4 Å². The van der Waals surface area contributed by atoms with Crippen LogP contribution in [0, 0.1) is 0 Å². The molecule has 2 fully saturated rings. The summed E-state index contributed by atoms with van der Waals surface area (Å²) < 4.78 is 12.0. The van der Waals surface area contributed by atoms with Crippen molar-refractivity contribution in [1.82, 2.24) is 9.88 Å². The maximum absolute atomic E-state index is 12.6. The highest BCUT2D eigenvalue weighted by molar-refractivity contribution is 5.74. The molecule has 7 nitrogen and oxygen atoms in total. The van der Waals surface area contributed by atoms with E-state index in [1.54, 1.807) is 6.07 Å². The number of likely N-dealkylation sites (tertiary alicyclic amines) is 1. The van der Waals surface area contributed by atoms with Crippen LogP contribution >= 0.6 is 0 Å². The SMILES string of the molecule is O=c1cc(N2CCOCC2)cc(-c2cccc3c2Oc2ccc(NC4CCN(CCc5ccccc5)C4)cc2C3)[nH]1. The van der Waals surface area contributed by atoms with Gasteiger partial charge in [0.15, 0.2) is 0 Å². The zero-order valence-corrected chi connectivity index (χ0v) is 23.3. The quantitative estimate of drug-likeness (QED) is 0.288. The normalized spacial score (nSPS) is 18.4. The van der Waals surface area contributed by atoms with Crippen LogP contribution in [0.2, 0.25) is 0 Å². The lowest BCUT2D eigenvalue weighted by Crippen LogP contribution is -2.36. The van der Waals surface area contributed by atoms with Crippen LogP contribution in [0.3, 0.4) is 0 Å². The van der Waals surface area contributed by atoms with Gasteiger partial charge in [0, 0.05) is 73.8 Å². The molecule has 41 heavy (non-hydrogen) atoms. The second-order valence-corrected chi connectivity index (χ2v) is 11.3. The van der Waals surface area contributed by atoms with E-state index in [4.69, 9.17) is 9.47 Å². The highest BCUT2D eigenvalue weighted by Crippen LogP contribution is 2.43. The molecular formula is C34H36N4O3. The summed E-state index contributed by atoms with van der Waals surface area (Å²) in [5, 5.41) is 3.77. The Balaban J connectivity index is 1.04. The predicted octanol–water partition coefficient (Wildman–Crippen LogP) is 5.30. The van der Waals surface area contributed by atoms with Crippen molar-refractivity contribution < 1.29 is 9.47 Å². The summed E-state index contributed by atoms with van der Waals surface area (Å²) in [7, 11) is 0. The molecule has 0 aliphatic carbocycles. The number of nitrogens with one attached hydrogen (secondary N) is 2. The molecule has 3 aliphatic heterocycles. The van der Waals surface area contributed by atoms with Crippen LogP contribution in [-0.2, 0) is 17.6 Å². The van der Waals surface area contributed by atoms with Gasteiger partial charge in [-0.25, -0.2) is 0 Å². The van der Waals surface area contributed by atoms with Crippen molar-refractivity contribution in [2.24, 2.45) is 0 Å². The van der Waals surface area contributed by atoms with Gasteiger partial charge in [-0.05, 0) is 54.3 Å². The van der Waals surface area contributed by atoms with Gasteiger partial charge in [-0.15, -0.1) is 0 Å². The Morgan fingerprint density at radius 2 is 1.78 bits per heavy atom. The number of aromatic amines is 1. The topological polar surface area (TPSA) is 69.8 Å². The number of H-pyrrole nitrogens is 1. The lowest BCUT2D eigenvalue weighted by atomic mass is 9.96. The molecule has 4 heterocycles. The molecule has 3 aliphatic rings. The Bertz CT molecular complexity index is 1580. The Morgan fingerprint density at radius 1 is 0.902 bits per heavy atom. The van der Waals surface area contributed by atoms with Gasteiger partial charge < -0.3 is 29.6 Å². The van der Waals surface area contributed by atoms with Crippen molar-refractivity contribution in [2.75, 3.05) is 56.2 Å². The largest absolute Gasteiger partial charge is 0.456 e. The van der Waals surface area contributed by atoms with Crippen molar-refractivity contribution in [2.45, 2.75) is 25.3 Å². The fourth-order valence-electron chi connectivity index (χ4n) is 6.28. The fraction of sp³-hybridized carbons (Fsp3) is 0.324. The van der Waals surface area contributed by atoms with Gasteiger partial charge in [0.2, 0.25) is 5.56 Å². The maximum atomic E-state index is 12.6. The highest BCUT2D eigenvalue weighted by atomic mass is 16.5. The Labute approximate surface area is 240 Å². The summed E-state index contributed by atoms with van der Waals surface area (Å²) in [4.78, 5) is 20.4. The molecule has 0 amide bonds. The van der Waals surface area contributed by atoms with Gasteiger partial charge in [-0.3, -0.25) is 4.79 Å². The molecule has 0 radical (unpaired) electrons. The van der Waals surface area contributed by atoms with Gasteiger partial charge >= 0.3 is 0 Å². The smallest absolute Gasteiger partial charge is 0.250 e. The molecule has 7 rings (SSSR count). The monoisotopic (exact) mass is 548 g/mol. The minimum absolute atomic E-state index is 0.112. The minimum Gasteiger partial charge on any atom is -0.456 e. The van der Waals surface area contributed by atoms with E-state index in [2.05, 4.69) is 80.8 Å². The highest BCUT2D eigenvalue weighted by Gasteiger charge is 2.25. The van der Waals surface area contributed by atoms with Crippen molar-refractivity contribution in [3.63, 3.8) is 0 Å². The number of fused-ring (bicyclic) bond motifs is 2. The van der Waals surface area contributed by atoms with Crippen molar-refractivity contribution in [3.8, 4) is 22.8 Å². The first kappa shape index (κ1) is 25.9. The third-order valence-electron chi connectivity index (χ3n) is 8.45. The van der Waals surface area contributed by atoms with E-state index in [9.17, 15) is 4.79 Å². The zero-order valence-electron chi connectivity index (χ0n) is 23.3. The number of anilines is 2. The molecule has 0 saturated carbocycles. The summed E-state index contributed by atoms with van der Waals surface area (Å²) in [6, 6.07) is 27.5. The fourth-order valence-corrected chi connectivity index (χ4v) is 6.28. The van der Waals surface area contributed by atoms with Crippen LogP contribution in [0.25, 0.3) is 11.3 Å². The molecule has 7 heteroatoms. The second-order valence-electron chi connectivity index (χ2n) is 11.3. The molecule has 1 atom stereocenters. The van der Waals surface area contributed by atoms with Crippen LogP contribution in [0.5, 0.6) is 11.5 Å². The van der Waals surface area contributed by atoms with E-state index in [0.717, 1.165) is 91.7 Å². The Kier molecular flexibility index (Phi) is 7.21. The molecule has 210 valence electrons. The molecule has 3 aromatic carbocycles. The number of pyridine rings is 1. The summed E-state index contributed by atoms with van der Waals surface area (Å²) in [5.74, 6) is 1.69. The molecule has 1 unspecified atom stereocenters. The first-order chi connectivity index (χ1) is 20.2. The molecule has 2 N–H and O–H groups in total. The van der Waals surface area contributed by atoms with Crippen LogP contribution < -0.4 is 20.5 Å². The maximum Gasteiger partial charge on any atom is 0.250 e. The summed E-state index contributed by atoms with van der Waals surface area (Å²) in [5.41, 5.74) is 7.33. The molecular weight excluding hydrogens is 512 g/mol. The summed E-state index contributed by atoms with van der Waals surface area (Å²) >= 11 is 0. The van der Waals surface area contributed by atoms with Crippen molar-refractivity contribution in [3.05, 3.63) is 106 Å². The molecule has 1 aromatic heterocycles. The van der Waals surface area contributed by atoms with Crippen LogP contribution in [0.1, 0.15) is 23.1 Å². The number of para-hydroxylation sites is 1. The van der Waals surface area contributed by atoms with Gasteiger partial charge in [0.05, 0.1) is 18.9 Å². The van der Waals surface area contributed by atoms with E-state index < -0.39 is 0 Å². The van der Waals surface area contributed by atoms with E-state index in [0.29, 0.717) is 19.3 Å². The summed E-state index contributed by atoms with van der Waals surface area (Å²) in [6.07, 6.45) is 3.03. The number of ether oxygens (including phenoxy) is 2. The zero-order chi connectivity index (χ0) is 27.6. The molecule has 0 bridgehead atoms. The number of benzene rings is 3. The molecule has 4 aromatic rings. The lowest BCUT2D eigenvalue weighted by molar-refractivity contribution is 0.122. The summed E-state index contributed by atoms with van der Waals surface area (Å²) in [6.45, 7) is 6.20. The van der Waals surface area contributed by atoms with E-state index >= 15 is 0 Å². The lowest BCUT2D eigenvalue weighted by Gasteiger charge is -2.29. The van der Waals surface area contributed by atoms with Crippen LogP contribution in [-0.4, -0.2) is 61.9 Å². The number of aromatic nitrogens is 1. The number of hydrogen-bond acceptors (Lipinski definition) is 6. The van der Waals surface area contributed by atoms with Gasteiger partial charge in [-0.2, -0.15) is 0 Å². The van der Waals surface area contributed by atoms with E-state index in [-0.39, 0.29) is 5.56 Å². The molecule has 0 spiro atoms. The van der Waals surface area contributed by atoms with E-state index in [1.165, 1.54) is 11.1 Å². The Morgan fingerprint density at radius 3 is 2.66 bits per heavy atom. The van der Waals surface area contributed by atoms with Crippen molar-refractivity contribution in [1.29, 1.82) is 0 Å². The predicted molar refractivity (Wildman–Crippen MR) is 163 cm³/mol. The number of morpholine rings is 1. The second kappa shape index (κ2) is 11.4. The minimum atomic E-state index is -0.112. The first-order valence-electron chi connectivity index (χ1n) is 14.7. The number of nitrogens with zero attached hydrogens (tertiary/aromatic N) is 2. The van der Waals surface area contributed by atoms with Crippen LogP contribution in [0.15, 0.2) is 83.7 Å².